The SMILES string of the molecule is CNCc1csc(N(C)CCOC(C)C)n1. The summed E-state index contributed by atoms with van der Waals surface area (Å²) >= 11 is 1.68. The van der Waals surface area contributed by atoms with Crippen molar-refractivity contribution in [2.24, 2.45) is 0 Å². The highest BCUT2D eigenvalue weighted by Gasteiger charge is 2.06. The highest BCUT2D eigenvalue weighted by atomic mass is 32.1. The molecule has 0 radical (unpaired) electrons. The molecule has 1 heterocycles. The fraction of sp³-hybridized carbons (Fsp3) is 0.727. The molecule has 16 heavy (non-hydrogen) atoms. The van der Waals surface area contributed by atoms with Crippen LogP contribution >= 0.6 is 11.3 Å². The van der Waals surface area contributed by atoms with Crippen LogP contribution in [0, 0.1) is 0 Å². The summed E-state index contributed by atoms with van der Waals surface area (Å²) in [7, 11) is 3.98. The first kappa shape index (κ1) is 13.4. The monoisotopic (exact) mass is 243 g/mol. The Hall–Kier alpha value is -0.650. The third kappa shape index (κ3) is 4.47. The van der Waals surface area contributed by atoms with E-state index in [1.54, 1.807) is 11.3 Å². The summed E-state index contributed by atoms with van der Waals surface area (Å²) in [4.78, 5) is 6.66. The highest BCUT2D eigenvalue weighted by molar-refractivity contribution is 7.13. The quantitative estimate of drug-likeness (QED) is 0.791. The number of nitrogens with one attached hydrogen (secondary N) is 1. The number of thiazole rings is 1. The second-order valence-corrected chi connectivity index (χ2v) is 4.83. The summed E-state index contributed by atoms with van der Waals surface area (Å²) in [6.07, 6.45) is 0.296. The lowest BCUT2D eigenvalue weighted by atomic mass is 10.5. The van der Waals surface area contributed by atoms with Gasteiger partial charge in [-0.15, -0.1) is 11.3 Å². The summed E-state index contributed by atoms with van der Waals surface area (Å²) in [5.74, 6) is 0. The van der Waals surface area contributed by atoms with Crippen LogP contribution in [0.2, 0.25) is 0 Å². The van der Waals surface area contributed by atoms with Crippen molar-refractivity contribution < 1.29 is 4.74 Å². The van der Waals surface area contributed by atoms with E-state index in [1.165, 1.54) is 0 Å². The minimum absolute atomic E-state index is 0.296. The van der Waals surface area contributed by atoms with Crippen LogP contribution in [0.1, 0.15) is 19.5 Å². The molecule has 0 spiro atoms. The van der Waals surface area contributed by atoms with Gasteiger partial charge in [-0.1, -0.05) is 0 Å². The van der Waals surface area contributed by atoms with Gasteiger partial charge in [-0.3, -0.25) is 0 Å². The highest BCUT2D eigenvalue weighted by Crippen LogP contribution is 2.18. The minimum atomic E-state index is 0.296. The van der Waals surface area contributed by atoms with Gasteiger partial charge in [0.15, 0.2) is 5.13 Å². The first-order chi connectivity index (χ1) is 7.63. The zero-order valence-corrected chi connectivity index (χ0v) is 11.3. The Morgan fingerprint density at radius 2 is 2.31 bits per heavy atom. The van der Waals surface area contributed by atoms with Crippen LogP contribution < -0.4 is 10.2 Å². The Labute approximate surface area is 102 Å². The molecule has 4 nitrogen and oxygen atoms in total. The van der Waals surface area contributed by atoms with E-state index in [2.05, 4.69) is 34.4 Å². The van der Waals surface area contributed by atoms with Crippen molar-refractivity contribution in [2.45, 2.75) is 26.5 Å². The molecule has 1 rings (SSSR count). The van der Waals surface area contributed by atoms with Gasteiger partial charge in [-0.2, -0.15) is 0 Å². The predicted molar refractivity (Wildman–Crippen MR) is 69.2 cm³/mol. The van der Waals surface area contributed by atoms with Crippen LogP contribution in [0.4, 0.5) is 5.13 Å². The first-order valence-corrected chi connectivity index (χ1v) is 6.43. The Bertz CT molecular complexity index is 301. The van der Waals surface area contributed by atoms with Crippen molar-refractivity contribution in [1.29, 1.82) is 0 Å². The van der Waals surface area contributed by atoms with E-state index >= 15 is 0 Å². The van der Waals surface area contributed by atoms with E-state index in [4.69, 9.17) is 4.74 Å². The molecule has 0 saturated heterocycles. The first-order valence-electron chi connectivity index (χ1n) is 5.55. The molecule has 0 saturated carbocycles. The lowest BCUT2D eigenvalue weighted by Gasteiger charge is -2.16. The van der Waals surface area contributed by atoms with Gasteiger partial charge in [-0.25, -0.2) is 4.98 Å². The van der Waals surface area contributed by atoms with Gasteiger partial charge in [0.2, 0.25) is 0 Å². The number of ether oxygens (including phenoxy) is 1. The number of rotatable bonds is 7. The molecule has 0 fully saturated rings. The van der Waals surface area contributed by atoms with Crippen molar-refractivity contribution in [3.8, 4) is 0 Å². The lowest BCUT2D eigenvalue weighted by molar-refractivity contribution is 0.0846. The van der Waals surface area contributed by atoms with Gasteiger partial charge in [0, 0.05) is 25.5 Å². The van der Waals surface area contributed by atoms with Crippen molar-refractivity contribution in [3.63, 3.8) is 0 Å². The van der Waals surface area contributed by atoms with Crippen LogP contribution in [0.3, 0.4) is 0 Å². The molecule has 0 unspecified atom stereocenters. The Morgan fingerprint density at radius 3 is 2.94 bits per heavy atom. The predicted octanol–water partition coefficient (Wildman–Crippen LogP) is 1.72. The van der Waals surface area contributed by atoms with Crippen molar-refractivity contribution in [1.82, 2.24) is 10.3 Å². The van der Waals surface area contributed by atoms with E-state index in [0.717, 1.165) is 30.5 Å². The molecule has 0 amide bonds. The third-order valence-corrected chi connectivity index (χ3v) is 3.11. The maximum Gasteiger partial charge on any atom is 0.185 e. The molecule has 0 aliphatic heterocycles. The van der Waals surface area contributed by atoms with Gasteiger partial charge in [0.1, 0.15) is 0 Å². The van der Waals surface area contributed by atoms with E-state index in [-0.39, 0.29) is 0 Å². The van der Waals surface area contributed by atoms with E-state index in [9.17, 15) is 0 Å². The molecule has 1 N–H and O–H groups in total. The molecule has 1 aromatic heterocycles. The summed E-state index contributed by atoms with van der Waals surface area (Å²) in [6, 6.07) is 0. The van der Waals surface area contributed by atoms with Crippen molar-refractivity contribution in [2.75, 3.05) is 32.1 Å². The maximum absolute atomic E-state index is 5.51. The Balaban J connectivity index is 2.36. The van der Waals surface area contributed by atoms with Gasteiger partial charge in [-0.05, 0) is 20.9 Å². The summed E-state index contributed by atoms with van der Waals surface area (Å²) in [5.41, 5.74) is 1.10. The number of hydrogen-bond acceptors (Lipinski definition) is 5. The molecule has 0 bridgehead atoms. The number of aromatic nitrogens is 1. The van der Waals surface area contributed by atoms with E-state index in [1.807, 2.05) is 14.1 Å². The largest absolute Gasteiger partial charge is 0.377 e. The standard InChI is InChI=1S/C11H21N3OS/c1-9(2)15-6-5-14(4)11-13-10(7-12-3)8-16-11/h8-9,12H,5-7H2,1-4H3. The fourth-order valence-electron chi connectivity index (χ4n) is 1.25. The molecular weight excluding hydrogens is 222 g/mol. The number of anilines is 1. The average molecular weight is 243 g/mol. The van der Waals surface area contributed by atoms with E-state index in [0.29, 0.717) is 6.10 Å². The fourth-order valence-corrected chi connectivity index (χ4v) is 2.07. The minimum Gasteiger partial charge on any atom is -0.377 e. The molecule has 0 aliphatic carbocycles. The second-order valence-electron chi connectivity index (χ2n) is 3.99. The summed E-state index contributed by atoms with van der Waals surface area (Å²) in [5, 5.41) is 6.24. The van der Waals surface area contributed by atoms with Gasteiger partial charge in [0.05, 0.1) is 18.4 Å². The topological polar surface area (TPSA) is 37.4 Å². The lowest BCUT2D eigenvalue weighted by Crippen LogP contribution is -2.23. The zero-order valence-electron chi connectivity index (χ0n) is 10.5. The molecule has 0 aromatic carbocycles. The molecular formula is C11H21N3OS. The van der Waals surface area contributed by atoms with Gasteiger partial charge in [0.25, 0.3) is 0 Å². The average Bonchev–Trinajstić information content (AvgIpc) is 2.66. The Morgan fingerprint density at radius 1 is 1.56 bits per heavy atom. The van der Waals surface area contributed by atoms with Gasteiger partial charge < -0.3 is 15.0 Å². The number of nitrogens with zero attached hydrogens (tertiary/aromatic N) is 2. The molecule has 1 aromatic rings. The van der Waals surface area contributed by atoms with Crippen molar-refractivity contribution in [3.05, 3.63) is 11.1 Å². The van der Waals surface area contributed by atoms with Crippen molar-refractivity contribution >= 4 is 16.5 Å². The number of likely N-dealkylation sites (N-methyl/N-ethyl adjacent to an activating group) is 1. The molecule has 92 valence electrons. The van der Waals surface area contributed by atoms with Crippen LogP contribution in [0.5, 0.6) is 0 Å². The molecule has 5 heteroatoms. The third-order valence-electron chi connectivity index (χ3n) is 2.10. The second kappa shape index (κ2) is 6.83. The normalized spacial score (nSPS) is 11.1. The molecule has 0 aliphatic rings. The Kier molecular flexibility index (Phi) is 5.73. The van der Waals surface area contributed by atoms with Crippen LogP contribution in [-0.2, 0) is 11.3 Å². The van der Waals surface area contributed by atoms with Crippen LogP contribution in [-0.4, -0.2) is 38.3 Å². The van der Waals surface area contributed by atoms with Gasteiger partial charge >= 0.3 is 0 Å². The van der Waals surface area contributed by atoms with Crippen LogP contribution in [0.15, 0.2) is 5.38 Å². The smallest absolute Gasteiger partial charge is 0.185 e. The van der Waals surface area contributed by atoms with Crippen LogP contribution in [0.25, 0.3) is 0 Å². The molecule has 0 atom stereocenters. The number of hydrogen-bond donors (Lipinski definition) is 1. The summed E-state index contributed by atoms with van der Waals surface area (Å²) < 4.78 is 5.51. The van der Waals surface area contributed by atoms with E-state index < -0.39 is 0 Å². The maximum atomic E-state index is 5.51. The summed E-state index contributed by atoms with van der Waals surface area (Å²) in [6.45, 7) is 6.55. The zero-order chi connectivity index (χ0) is 12.0.